The van der Waals surface area contributed by atoms with E-state index in [-0.39, 0.29) is 0 Å². The van der Waals surface area contributed by atoms with E-state index in [1.807, 2.05) is 0 Å². The largest absolute Gasteiger partial charge is 0.345 e. The molecule has 1 aliphatic heterocycles. The van der Waals surface area contributed by atoms with Gasteiger partial charge < -0.3 is 9.63 Å². The van der Waals surface area contributed by atoms with E-state index < -0.39 is 30.7 Å². The Bertz CT molecular complexity index is 649. The van der Waals surface area contributed by atoms with E-state index in [1.165, 1.54) is 36.4 Å². The SMILES string of the molecule is O=P1(O)[C@@H](c2cccc(F)c2)O[C@H]1c1cccc(F)c1. The van der Waals surface area contributed by atoms with Gasteiger partial charge in [0.05, 0.1) is 0 Å². The third-order valence-electron chi connectivity index (χ3n) is 3.20. The maximum atomic E-state index is 13.1. The third kappa shape index (κ3) is 2.18. The molecule has 1 unspecified atom stereocenters. The molecule has 1 fully saturated rings. The van der Waals surface area contributed by atoms with Gasteiger partial charge >= 0.3 is 0 Å². The molecule has 20 heavy (non-hydrogen) atoms. The maximum Gasteiger partial charge on any atom is 0.265 e. The van der Waals surface area contributed by atoms with Gasteiger partial charge in [0.1, 0.15) is 11.6 Å². The number of hydrogen-bond acceptors (Lipinski definition) is 2. The van der Waals surface area contributed by atoms with Crippen molar-refractivity contribution in [2.45, 2.75) is 11.7 Å². The highest BCUT2D eigenvalue weighted by molar-refractivity contribution is 7.59. The first-order valence-electron chi connectivity index (χ1n) is 5.97. The Morgan fingerprint density at radius 3 is 1.75 bits per heavy atom. The Balaban J connectivity index is 1.89. The summed E-state index contributed by atoms with van der Waals surface area (Å²) in [5.74, 6) is -3.13. The van der Waals surface area contributed by atoms with Gasteiger partial charge in [-0.2, -0.15) is 0 Å². The zero-order valence-electron chi connectivity index (χ0n) is 10.2. The van der Waals surface area contributed by atoms with Crippen LogP contribution < -0.4 is 0 Å². The van der Waals surface area contributed by atoms with Crippen molar-refractivity contribution in [2.24, 2.45) is 0 Å². The Morgan fingerprint density at radius 2 is 1.40 bits per heavy atom. The van der Waals surface area contributed by atoms with E-state index in [9.17, 15) is 18.2 Å². The Hall–Kier alpha value is -1.55. The van der Waals surface area contributed by atoms with Crippen LogP contribution in [0.4, 0.5) is 8.78 Å². The maximum absolute atomic E-state index is 13.1. The molecule has 0 bridgehead atoms. The normalized spacial score (nSPS) is 28.9. The summed E-state index contributed by atoms with van der Waals surface area (Å²) in [4.78, 5) is 10.1. The van der Waals surface area contributed by atoms with Crippen LogP contribution in [0.2, 0.25) is 0 Å². The third-order valence-corrected chi connectivity index (χ3v) is 5.38. The van der Waals surface area contributed by atoms with Crippen molar-refractivity contribution in [1.29, 1.82) is 0 Å². The molecule has 1 heterocycles. The van der Waals surface area contributed by atoms with Crippen molar-refractivity contribution in [3.8, 4) is 0 Å². The lowest BCUT2D eigenvalue weighted by atomic mass is 10.2. The first-order chi connectivity index (χ1) is 9.48. The quantitative estimate of drug-likeness (QED) is 0.853. The molecule has 3 atom stereocenters. The van der Waals surface area contributed by atoms with E-state index in [1.54, 1.807) is 0 Å². The summed E-state index contributed by atoms with van der Waals surface area (Å²) in [6, 6.07) is 10.8. The number of ether oxygens (including phenoxy) is 1. The van der Waals surface area contributed by atoms with Crippen LogP contribution in [0.1, 0.15) is 22.8 Å². The Kier molecular flexibility index (Phi) is 3.21. The minimum atomic E-state index is -3.73. The summed E-state index contributed by atoms with van der Waals surface area (Å²) in [6.07, 6.45) is 0. The van der Waals surface area contributed by atoms with Crippen molar-refractivity contribution >= 4 is 7.37 Å². The molecule has 0 aromatic heterocycles. The molecular formula is C14H11F2O3P. The predicted octanol–water partition coefficient (Wildman–Crippen LogP) is 3.96. The first kappa shape index (κ1) is 13.4. The van der Waals surface area contributed by atoms with Gasteiger partial charge in [0.15, 0.2) is 11.7 Å². The molecule has 104 valence electrons. The van der Waals surface area contributed by atoms with Crippen molar-refractivity contribution in [3.05, 3.63) is 71.3 Å². The summed E-state index contributed by atoms with van der Waals surface area (Å²) < 4.78 is 44.0. The van der Waals surface area contributed by atoms with Crippen LogP contribution in [0.15, 0.2) is 48.5 Å². The van der Waals surface area contributed by atoms with Gasteiger partial charge in [0.25, 0.3) is 7.37 Å². The van der Waals surface area contributed by atoms with Crippen LogP contribution in [0, 0.1) is 11.6 Å². The van der Waals surface area contributed by atoms with Gasteiger partial charge in [-0.05, 0) is 35.4 Å². The van der Waals surface area contributed by atoms with Crippen molar-refractivity contribution in [2.75, 3.05) is 0 Å². The van der Waals surface area contributed by atoms with Gasteiger partial charge in [-0.25, -0.2) is 8.78 Å². The monoisotopic (exact) mass is 296 g/mol. The molecule has 2 aromatic carbocycles. The molecule has 0 saturated carbocycles. The number of benzene rings is 2. The first-order valence-corrected chi connectivity index (χ1v) is 7.77. The van der Waals surface area contributed by atoms with Gasteiger partial charge in [-0.15, -0.1) is 0 Å². The molecule has 3 rings (SSSR count). The Morgan fingerprint density at radius 1 is 0.950 bits per heavy atom. The molecule has 3 nitrogen and oxygen atoms in total. The highest BCUT2D eigenvalue weighted by Crippen LogP contribution is 2.76. The van der Waals surface area contributed by atoms with Gasteiger partial charge in [-0.1, -0.05) is 24.3 Å². The van der Waals surface area contributed by atoms with E-state index in [0.717, 1.165) is 12.1 Å². The fourth-order valence-electron chi connectivity index (χ4n) is 2.26. The zero-order valence-corrected chi connectivity index (χ0v) is 11.1. The molecule has 1 saturated heterocycles. The van der Waals surface area contributed by atoms with Gasteiger partial charge in [-0.3, -0.25) is 4.57 Å². The predicted molar refractivity (Wildman–Crippen MR) is 69.2 cm³/mol. The molecule has 6 heteroatoms. The van der Waals surface area contributed by atoms with Crippen LogP contribution in [-0.4, -0.2) is 4.89 Å². The summed E-state index contributed by atoms with van der Waals surface area (Å²) >= 11 is 0. The summed E-state index contributed by atoms with van der Waals surface area (Å²) in [5, 5.41) is 0. The summed E-state index contributed by atoms with van der Waals surface area (Å²) in [7, 11) is -3.73. The summed E-state index contributed by atoms with van der Waals surface area (Å²) in [6.45, 7) is 0. The lowest BCUT2D eigenvalue weighted by Gasteiger charge is -2.41. The van der Waals surface area contributed by atoms with Crippen LogP contribution in [-0.2, 0) is 9.30 Å². The van der Waals surface area contributed by atoms with Gasteiger partial charge in [0.2, 0.25) is 0 Å². The van der Waals surface area contributed by atoms with E-state index in [2.05, 4.69) is 0 Å². The second-order valence-electron chi connectivity index (χ2n) is 4.62. The van der Waals surface area contributed by atoms with Crippen LogP contribution in [0.25, 0.3) is 0 Å². The second kappa shape index (κ2) is 4.77. The van der Waals surface area contributed by atoms with E-state index in [0.29, 0.717) is 11.1 Å². The minimum absolute atomic E-state index is 0.309. The van der Waals surface area contributed by atoms with Crippen molar-refractivity contribution in [1.82, 2.24) is 0 Å². The van der Waals surface area contributed by atoms with Crippen LogP contribution >= 0.6 is 7.37 Å². The van der Waals surface area contributed by atoms with E-state index >= 15 is 0 Å². The van der Waals surface area contributed by atoms with Crippen molar-refractivity contribution < 1.29 is 23.0 Å². The minimum Gasteiger partial charge on any atom is -0.345 e. The average Bonchev–Trinajstić information content (AvgIpc) is 2.38. The average molecular weight is 296 g/mol. The molecule has 2 aromatic rings. The van der Waals surface area contributed by atoms with Gasteiger partial charge in [0, 0.05) is 0 Å². The highest BCUT2D eigenvalue weighted by Gasteiger charge is 2.54. The standard InChI is InChI=1S/C14H11F2O3P/c15-11-5-1-3-9(7-11)13-19-14(20(13,17)18)10-4-2-6-12(16)8-10/h1-8,13-14H,(H,17,18)/t13-,14+. The van der Waals surface area contributed by atoms with E-state index in [4.69, 9.17) is 4.74 Å². The Labute approximate surface area is 114 Å². The molecule has 0 amide bonds. The fraction of sp³-hybridized carbons (Fsp3) is 0.143. The summed E-state index contributed by atoms with van der Waals surface area (Å²) in [5.41, 5.74) is 0.618. The molecule has 0 spiro atoms. The van der Waals surface area contributed by atoms with Crippen LogP contribution in [0.5, 0.6) is 0 Å². The molecule has 0 aliphatic carbocycles. The fourth-order valence-corrected chi connectivity index (χ4v) is 4.09. The number of halogens is 2. The second-order valence-corrected chi connectivity index (χ2v) is 6.91. The smallest absolute Gasteiger partial charge is 0.265 e. The number of hydrogen-bond donors (Lipinski definition) is 1. The lowest BCUT2D eigenvalue weighted by Crippen LogP contribution is -2.24. The molecule has 1 N–H and O–H groups in total. The number of rotatable bonds is 2. The topological polar surface area (TPSA) is 46.5 Å². The molecule has 0 radical (unpaired) electrons. The highest BCUT2D eigenvalue weighted by atomic mass is 31.2. The lowest BCUT2D eigenvalue weighted by molar-refractivity contribution is 0.00456. The van der Waals surface area contributed by atoms with Crippen LogP contribution in [0.3, 0.4) is 0 Å². The zero-order chi connectivity index (χ0) is 14.3. The van der Waals surface area contributed by atoms with Crippen molar-refractivity contribution in [3.63, 3.8) is 0 Å². The molecular weight excluding hydrogens is 285 g/mol. The molecule has 1 aliphatic rings.